The summed E-state index contributed by atoms with van der Waals surface area (Å²) in [6.45, 7) is 9.55. The fraction of sp³-hybridized carbons (Fsp3) is 0.240. The number of ether oxygens (including phenoxy) is 1. The van der Waals surface area contributed by atoms with Crippen molar-refractivity contribution in [3.63, 3.8) is 0 Å². The highest BCUT2D eigenvalue weighted by molar-refractivity contribution is 7.92. The third kappa shape index (κ3) is 5.68. The number of carbonyl (C=O) groups is 1. The van der Waals surface area contributed by atoms with E-state index in [1.165, 1.54) is 12.1 Å². The summed E-state index contributed by atoms with van der Waals surface area (Å²) in [6.07, 6.45) is -0.721. The van der Waals surface area contributed by atoms with E-state index >= 15 is 0 Å². The predicted molar refractivity (Wildman–Crippen MR) is 128 cm³/mol. The van der Waals surface area contributed by atoms with Gasteiger partial charge in [-0.05, 0) is 93.8 Å². The molecule has 0 saturated carbocycles. The molecule has 0 aliphatic carbocycles. The van der Waals surface area contributed by atoms with Gasteiger partial charge in [0.05, 0.1) is 4.90 Å². The SMILES string of the molecule is Cc1ccc(NS(=O)(=O)c2ccc(NC(=O)[C@H](C)Oc3cc(C)cc(C)c3C)cc2)cc1. The summed E-state index contributed by atoms with van der Waals surface area (Å²) in [5.41, 5.74) is 5.16. The van der Waals surface area contributed by atoms with Gasteiger partial charge in [0.25, 0.3) is 15.9 Å². The lowest BCUT2D eigenvalue weighted by Gasteiger charge is -2.18. The molecule has 0 radical (unpaired) electrons. The van der Waals surface area contributed by atoms with Gasteiger partial charge in [-0.15, -0.1) is 0 Å². The molecule has 6 nitrogen and oxygen atoms in total. The summed E-state index contributed by atoms with van der Waals surface area (Å²) < 4.78 is 33.6. The number of hydrogen-bond donors (Lipinski definition) is 2. The third-order valence-corrected chi connectivity index (χ3v) is 6.57. The number of benzene rings is 3. The summed E-state index contributed by atoms with van der Waals surface area (Å²) >= 11 is 0. The van der Waals surface area contributed by atoms with E-state index in [9.17, 15) is 13.2 Å². The van der Waals surface area contributed by atoms with E-state index in [4.69, 9.17) is 4.74 Å². The highest BCUT2D eigenvalue weighted by atomic mass is 32.2. The lowest BCUT2D eigenvalue weighted by molar-refractivity contribution is -0.122. The van der Waals surface area contributed by atoms with Crippen LogP contribution >= 0.6 is 0 Å². The molecule has 7 heteroatoms. The van der Waals surface area contributed by atoms with Crippen molar-refractivity contribution in [3.05, 3.63) is 82.9 Å². The van der Waals surface area contributed by atoms with Crippen molar-refractivity contribution in [1.82, 2.24) is 0 Å². The number of carbonyl (C=O) groups excluding carboxylic acids is 1. The molecule has 168 valence electrons. The lowest BCUT2D eigenvalue weighted by atomic mass is 10.1. The normalized spacial score (nSPS) is 12.2. The summed E-state index contributed by atoms with van der Waals surface area (Å²) in [4.78, 5) is 12.7. The van der Waals surface area contributed by atoms with Crippen LogP contribution < -0.4 is 14.8 Å². The first-order valence-corrected chi connectivity index (χ1v) is 11.8. The molecular weight excluding hydrogens is 424 g/mol. The Kier molecular flexibility index (Phi) is 6.89. The predicted octanol–water partition coefficient (Wildman–Crippen LogP) is 5.13. The van der Waals surface area contributed by atoms with Crippen LogP contribution in [0, 0.1) is 27.7 Å². The Morgan fingerprint density at radius 1 is 0.844 bits per heavy atom. The van der Waals surface area contributed by atoms with Crippen LogP contribution in [0.3, 0.4) is 0 Å². The average Bonchev–Trinajstić information content (AvgIpc) is 2.73. The van der Waals surface area contributed by atoms with E-state index in [0.29, 0.717) is 17.1 Å². The van der Waals surface area contributed by atoms with E-state index in [1.54, 1.807) is 31.2 Å². The second-order valence-electron chi connectivity index (χ2n) is 7.95. The molecule has 0 bridgehead atoms. The fourth-order valence-corrected chi connectivity index (χ4v) is 4.22. The Labute approximate surface area is 189 Å². The molecule has 1 amide bonds. The molecule has 32 heavy (non-hydrogen) atoms. The van der Waals surface area contributed by atoms with Crippen molar-refractivity contribution in [1.29, 1.82) is 0 Å². The zero-order chi connectivity index (χ0) is 23.5. The van der Waals surface area contributed by atoms with Crippen molar-refractivity contribution < 1.29 is 17.9 Å². The van der Waals surface area contributed by atoms with Gasteiger partial charge in [-0.2, -0.15) is 0 Å². The minimum Gasteiger partial charge on any atom is -0.481 e. The number of aryl methyl sites for hydroxylation is 3. The van der Waals surface area contributed by atoms with Gasteiger partial charge >= 0.3 is 0 Å². The molecule has 0 fully saturated rings. The van der Waals surface area contributed by atoms with E-state index in [1.807, 2.05) is 45.9 Å². The number of sulfonamides is 1. The van der Waals surface area contributed by atoms with E-state index < -0.39 is 16.1 Å². The fourth-order valence-electron chi connectivity index (χ4n) is 3.16. The van der Waals surface area contributed by atoms with Gasteiger partial charge < -0.3 is 10.1 Å². The second kappa shape index (κ2) is 9.44. The third-order valence-electron chi connectivity index (χ3n) is 5.17. The van der Waals surface area contributed by atoms with E-state index in [2.05, 4.69) is 16.1 Å². The van der Waals surface area contributed by atoms with Gasteiger partial charge in [0.2, 0.25) is 0 Å². The molecular formula is C25H28N2O4S. The van der Waals surface area contributed by atoms with Crippen molar-refractivity contribution in [3.8, 4) is 5.75 Å². The molecule has 0 aliphatic heterocycles. The molecule has 0 spiro atoms. The second-order valence-corrected chi connectivity index (χ2v) is 9.63. The van der Waals surface area contributed by atoms with Crippen LogP contribution in [0.1, 0.15) is 29.2 Å². The van der Waals surface area contributed by atoms with Gasteiger partial charge in [-0.1, -0.05) is 23.8 Å². The number of rotatable bonds is 7. The minimum atomic E-state index is -3.73. The molecule has 3 aromatic rings. The maximum absolute atomic E-state index is 12.6. The Hall–Kier alpha value is -3.32. The van der Waals surface area contributed by atoms with Gasteiger partial charge in [0, 0.05) is 11.4 Å². The Morgan fingerprint density at radius 2 is 1.44 bits per heavy atom. The van der Waals surface area contributed by atoms with Crippen LogP contribution in [0.4, 0.5) is 11.4 Å². The first kappa shape index (κ1) is 23.3. The van der Waals surface area contributed by atoms with Crippen LogP contribution in [0.25, 0.3) is 0 Å². The first-order chi connectivity index (χ1) is 15.0. The maximum Gasteiger partial charge on any atom is 0.265 e. The standard InChI is InChI=1S/C25H28N2O4S/c1-16-6-8-22(9-7-16)27-32(29,30)23-12-10-21(11-13-23)26-25(28)20(5)31-24-15-17(2)14-18(3)19(24)4/h6-15,20,27H,1-5H3,(H,26,28)/t20-/m0/s1. The maximum atomic E-state index is 12.6. The van der Waals surface area contributed by atoms with Crippen LogP contribution in [0.2, 0.25) is 0 Å². The van der Waals surface area contributed by atoms with Gasteiger partial charge in [-0.25, -0.2) is 8.42 Å². The number of amides is 1. The summed E-state index contributed by atoms with van der Waals surface area (Å²) in [5.74, 6) is 0.353. The Morgan fingerprint density at radius 3 is 2.06 bits per heavy atom. The van der Waals surface area contributed by atoms with Crippen LogP contribution in [-0.4, -0.2) is 20.4 Å². The minimum absolute atomic E-state index is 0.103. The summed E-state index contributed by atoms with van der Waals surface area (Å²) in [6, 6.07) is 17.1. The van der Waals surface area contributed by atoms with Crippen LogP contribution in [0.15, 0.2) is 65.6 Å². The van der Waals surface area contributed by atoms with Crippen LogP contribution in [-0.2, 0) is 14.8 Å². The molecule has 3 rings (SSSR count). The lowest BCUT2D eigenvalue weighted by Crippen LogP contribution is -2.30. The highest BCUT2D eigenvalue weighted by Gasteiger charge is 2.18. The Balaban J connectivity index is 1.66. The molecule has 0 heterocycles. The molecule has 1 atom stereocenters. The average molecular weight is 453 g/mol. The van der Waals surface area contributed by atoms with E-state index in [0.717, 1.165) is 22.3 Å². The largest absolute Gasteiger partial charge is 0.481 e. The number of hydrogen-bond acceptors (Lipinski definition) is 4. The zero-order valence-corrected chi connectivity index (χ0v) is 19.7. The molecule has 0 saturated heterocycles. The van der Waals surface area contributed by atoms with Crippen LogP contribution in [0.5, 0.6) is 5.75 Å². The van der Waals surface area contributed by atoms with Crippen molar-refractivity contribution >= 4 is 27.3 Å². The van der Waals surface area contributed by atoms with Gasteiger partial charge in [0.1, 0.15) is 5.75 Å². The summed E-state index contributed by atoms with van der Waals surface area (Å²) in [5, 5.41) is 2.77. The first-order valence-electron chi connectivity index (χ1n) is 10.3. The van der Waals surface area contributed by atoms with Gasteiger partial charge in [0.15, 0.2) is 6.10 Å². The highest BCUT2D eigenvalue weighted by Crippen LogP contribution is 2.25. The molecule has 3 aromatic carbocycles. The van der Waals surface area contributed by atoms with Gasteiger partial charge in [-0.3, -0.25) is 9.52 Å². The van der Waals surface area contributed by atoms with Crippen molar-refractivity contribution in [2.45, 2.75) is 45.6 Å². The van der Waals surface area contributed by atoms with Crippen molar-refractivity contribution in [2.75, 3.05) is 10.0 Å². The molecule has 0 aliphatic rings. The quantitative estimate of drug-likeness (QED) is 0.521. The monoisotopic (exact) mass is 452 g/mol. The smallest absolute Gasteiger partial charge is 0.265 e. The topological polar surface area (TPSA) is 84.5 Å². The molecule has 0 unspecified atom stereocenters. The summed E-state index contributed by atoms with van der Waals surface area (Å²) in [7, 11) is -3.73. The van der Waals surface area contributed by atoms with E-state index in [-0.39, 0.29) is 10.8 Å². The number of anilines is 2. The molecule has 2 N–H and O–H groups in total. The zero-order valence-electron chi connectivity index (χ0n) is 18.9. The molecule has 0 aromatic heterocycles. The Bertz CT molecular complexity index is 1220. The number of nitrogens with one attached hydrogen (secondary N) is 2. The van der Waals surface area contributed by atoms with Crippen molar-refractivity contribution in [2.24, 2.45) is 0 Å².